The zero-order valence-corrected chi connectivity index (χ0v) is 47.5. The summed E-state index contributed by atoms with van der Waals surface area (Å²) in [5, 5.41) is 76.3. The minimum absolute atomic E-state index is 0.000993. The number of hydrogen-bond acceptors (Lipinski definition) is 11. The number of nitrogens with one attached hydrogen (secondary N) is 2. The molecule has 2 aliphatic heterocycles. The zero-order chi connectivity index (χ0) is 54.4. The molecule has 2 saturated carbocycles. The van der Waals surface area contributed by atoms with E-state index in [1.54, 1.807) is 21.6 Å². The molecule has 17 unspecified atom stereocenters. The molecule has 17 atom stereocenters. The molecule has 79 heavy (non-hydrogen) atoms. The van der Waals surface area contributed by atoms with Crippen molar-refractivity contribution in [1.29, 1.82) is 0 Å². The molecule has 8 aliphatic rings. The Bertz CT molecular complexity index is 2950. The fourth-order valence-electron chi connectivity index (χ4n) is 16.9. The van der Waals surface area contributed by atoms with Gasteiger partial charge in [-0.3, -0.25) is 0 Å². The van der Waals surface area contributed by atoms with Crippen LogP contribution >= 0.6 is 21.6 Å². The Balaban J connectivity index is 0.926. The number of aromatic nitrogens is 1. The van der Waals surface area contributed by atoms with Crippen LogP contribution in [0.15, 0.2) is 120 Å². The summed E-state index contributed by atoms with van der Waals surface area (Å²) in [6, 6.07) is 28.1. The lowest BCUT2D eigenvalue weighted by Crippen LogP contribution is -2.56. The Morgan fingerprint density at radius 1 is 0.835 bits per heavy atom. The number of allylic oxidation sites excluding steroid dienone is 3. The number of rotatable bonds is 7. The molecule has 3 fully saturated rings. The number of aliphatic hydroxyl groups excluding tert-OH is 5. The molecule has 1 spiro atoms. The lowest BCUT2D eigenvalue weighted by Gasteiger charge is -2.59. The van der Waals surface area contributed by atoms with E-state index in [0.717, 1.165) is 92.2 Å². The second kappa shape index (κ2) is 23.7. The Morgan fingerprint density at radius 2 is 1.67 bits per heavy atom. The van der Waals surface area contributed by atoms with E-state index in [1.165, 1.54) is 22.3 Å². The van der Waals surface area contributed by atoms with Gasteiger partial charge in [-0.1, -0.05) is 126 Å². The monoisotopic (exact) mass is 1110 g/mol. The van der Waals surface area contributed by atoms with E-state index >= 15 is 0 Å². The van der Waals surface area contributed by atoms with Crippen LogP contribution in [0.25, 0.3) is 0 Å². The summed E-state index contributed by atoms with van der Waals surface area (Å²) >= 11 is 0. The average molecular weight is 1110 g/mol. The summed E-state index contributed by atoms with van der Waals surface area (Å²) in [7, 11) is 3.28. The van der Waals surface area contributed by atoms with Crippen LogP contribution in [0.1, 0.15) is 123 Å². The van der Waals surface area contributed by atoms with Crippen molar-refractivity contribution in [3.8, 4) is 23.3 Å². The molecule has 12 heteroatoms. The number of nitrogens with two attached hydrogens (primary N) is 1. The van der Waals surface area contributed by atoms with Gasteiger partial charge in [-0.25, -0.2) is 0 Å². The summed E-state index contributed by atoms with van der Waals surface area (Å²) < 4.78 is 7.01. The number of phenolic OH excluding ortho intramolecular Hbond substituents is 1. The van der Waals surface area contributed by atoms with Crippen molar-refractivity contribution in [2.24, 2.45) is 64.4 Å². The highest BCUT2D eigenvalue weighted by Crippen LogP contribution is 2.63. The smallest absolute Gasteiger partial charge is 0.161 e. The molecule has 0 radical (unpaired) electrons. The maximum Gasteiger partial charge on any atom is 0.161 e. The van der Waals surface area contributed by atoms with Gasteiger partial charge in [-0.05, 0) is 177 Å². The van der Waals surface area contributed by atoms with Crippen molar-refractivity contribution in [3.05, 3.63) is 153 Å². The van der Waals surface area contributed by atoms with E-state index < -0.39 is 53.7 Å². The van der Waals surface area contributed by atoms with Crippen LogP contribution in [0, 0.1) is 70.5 Å². The number of dihydropyridines is 1. The number of aryl methyl sites for hydroxylation is 1. The lowest BCUT2D eigenvalue weighted by molar-refractivity contribution is -0.115. The number of ether oxygens (including phenoxy) is 1. The molecule has 1 saturated heterocycles. The van der Waals surface area contributed by atoms with Gasteiger partial charge in [-0.2, -0.15) is 0 Å². The van der Waals surface area contributed by atoms with Crippen LogP contribution < -0.4 is 15.8 Å². The summed E-state index contributed by atoms with van der Waals surface area (Å²) in [5.41, 5.74) is 17.0. The van der Waals surface area contributed by atoms with Crippen molar-refractivity contribution in [3.63, 3.8) is 0 Å². The second-order valence-electron chi connectivity index (χ2n) is 25.0. The Kier molecular flexibility index (Phi) is 16.5. The second-order valence-corrected chi connectivity index (χ2v) is 27.5. The Morgan fingerprint density at radius 3 is 2.48 bits per heavy atom. The van der Waals surface area contributed by atoms with Gasteiger partial charge >= 0.3 is 0 Å². The summed E-state index contributed by atoms with van der Waals surface area (Å²) in [5.74, 6) is 10.0. The van der Waals surface area contributed by atoms with Crippen LogP contribution in [0.5, 0.6) is 11.5 Å². The van der Waals surface area contributed by atoms with Gasteiger partial charge in [0.25, 0.3) is 0 Å². The fourth-order valence-corrected chi connectivity index (χ4v) is 19.4. The number of fused-ring (bicyclic) bond motifs is 7. The minimum Gasteiger partial charge on any atom is -0.504 e. The van der Waals surface area contributed by atoms with Crippen molar-refractivity contribution in [1.82, 2.24) is 10.3 Å². The topological polar surface area (TPSA) is 184 Å². The minimum atomic E-state index is -1.06. The number of aliphatic hydroxyl groups is 5. The van der Waals surface area contributed by atoms with Gasteiger partial charge in [0.05, 0.1) is 24.4 Å². The third-order valence-electron chi connectivity index (χ3n) is 20.8. The van der Waals surface area contributed by atoms with Crippen LogP contribution in [-0.4, -0.2) is 90.8 Å². The van der Waals surface area contributed by atoms with Crippen LogP contribution in [-0.2, 0) is 25.7 Å². The highest BCUT2D eigenvalue weighted by atomic mass is 33.1. The van der Waals surface area contributed by atoms with E-state index in [1.807, 2.05) is 24.4 Å². The Hall–Kier alpha value is -4.58. The maximum atomic E-state index is 12.8. The predicted octanol–water partition coefficient (Wildman–Crippen LogP) is 10.3. The third kappa shape index (κ3) is 10.9. The van der Waals surface area contributed by atoms with Gasteiger partial charge < -0.3 is 51.4 Å². The number of benzene rings is 3. The molecule has 4 aromatic rings. The highest BCUT2D eigenvalue weighted by molar-refractivity contribution is 8.76. The predicted molar refractivity (Wildman–Crippen MR) is 316 cm³/mol. The first-order valence-electron chi connectivity index (χ1n) is 30.0. The molecule has 3 aromatic carbocycles. The fraction of sp³-hybridized carbons (Fsp3) is 0.552. The molecule has 10 N–H and O–H groups in total. The van der Waals surface area contributed by atoms with E-state index in [0.29, 0.717) is 73.7 Å². The molecule has 3 heterocycles. The summed E-state index contributed by atoms with van der Waals surface area (Å²) in [6.07, 6.45) is 14.6. The zero-order valence-electron chi connectivity index (χ0n) is 45.9. The van der Waals surface area contributed by atoms with E-state index in [9.17, 15) is 30.6 Å². The van der Waals surface area contributed by atoms with Gasteiger partial charge in [0.15, 0.2) is 11.5 Å². The van der Waals surface area contributed by atoms with E-state index in [4.69, 9.17) is 10.5 Å². The number of phenols is 1. The van der Waals surface area contributed by atoms with Gasteiger partial charge in [0.2, 0.25) is 0 Å². The molecule has 6 aliphatic carbocycles. The van der Waals surface area contributed by atoms with Crippen molar-refractivity contribution in [2.75, 3.05) is 24.7 Å². The Labute approximate surface area is 476 Å². The normalized spacial score (nSPS) is 36.6. The largest absolute Gasteiger partial charge is 0.504 e. The van der Waals surface area contributed by atoms with Gasteiger partial charge in [0, 0.05) is 77.1 Å². The number of aromatic amines is 1. The van der Waals surface area contributed by atoms with Crippen LogP contribution in [0.3, 0.4) is 0 Å². The first-order chi connectivity index (χ1) is 38.5. The number of hydrogen-bond donors (Lipinski definition) is 9. The molecular formula is C67H83N3O7S2. The summed E-state index contributed by atoms with van der Waals surface area (Å²) in [6.45, 7) is 2.58. The molecule has 420 valence electrons. The molecule has 0 amide bonds. The van der Waals surface area contributed by atoms with Crippen LogP contribution in [0.4, 0.5) is 0 Å². The van der Waals surface area contributed by atoms with Crippen LogP contribution in [0.2, 0.25) is 0 Å². The van der Waals surface area contributed by atoms with Crippen molar-refractivity contribution >= 4 is 21.6 Å². The SMILES string of the molecule is CCC1Cc2cc(O)c(OC3CC(Cc4ccc[nH]4)C4=CCNC(N)=C4CSSCC(CO)C3O)cc2C2CC(O)C3C(C#CC4(CCCCC3O)CC(c3ccccc3)C3Cc5ccccc5CCC5CCC(O)C4C53)C=C12. The first kappa shape index (κ1) is 55.0. The van der Waals surface area contributed by atoms with Crippen molar-refractivity contribution in [2.45, 2.75) is 146 Å². The third-order valence-corrected chi connectivity index (χ3v) is 23.2. The van der Waals surface area contributed by atoms with E-state index in [2.05, 4.69) is 102 Å². The number of aromatic hydroxyl groups is 1. The molecule has 0 bridgehead atoms. The quantitative estimate of drug-likeness (QED) is 0.0488. The van der Waals surface area contributed by atoms with E-state index in [-0.39, 0.29) is 47.7 Å². The summed E-state index contributed by atoms with van der Waals surface area (Å²) in [4.78, 5) is 3.39. The maximum absolute atomic E-state index is 12.8. The molecule has 12 rings (SSSR count). The molecule has 10 nitrogen and oxygen atoms in total. The van der Waals surface area contributed by atoms with Crippen molar-refractivity contribution < 1.29 is 35.4 Å². The number of H-pyrrole nitrogens is 1. The van der Waals surface area contributed by atoms with Gasteiger partial charge in [0.1, 0.15) is 11.9 Å². The highest BCUT2D eigenvalue weighted by Gasteiger charge is 2.59. The van der Waals surface area contributed by atoms with Gasteiger partial charge in [-0.15, -0.1) is 0 Å². The molecule has 1 aromatic heterocycles. The lowest BCUT2D eigenvalue weighted by atomic mass is 9.45. The first-order valence-corrected chi connectivity index (χ1v) is 32.5. The average Bonchev–Trinajstić information content (AvgIpc) is 4.03. The molecular weight excluding hydrogens is 1020 g/mol. The standard InChI is InChI=1S/C67H83N3O7S2/c1-2-39-27-45-31-58(74)60(77-61-32-46(28-48-15-10-25-69-48)49-22-26-70-66(68)55(49)38-79-78-37-47(36-71)65(61)76)34-51(45)52-33-59(75)63-44(30-50(39)52)21-24-67(23-9-8-16-56(63)72)35-54(41-12-4-3-5-13-41)53-29-43-14-7-6-11-40(43)17-18-42-19-20-57(73)64(67)62(42)53/h3-7,10-15,22,25,30-31,34,39,42,44,46-47,52-54,56-57,59,61-65,69-76H,2,8-9,16-20,23,26-29,32-33,35-38,68H2,1H3.